The minimum absolute atomic E-state index is 0.0479. The number of halogens is 3. The highest BCUT2D eigenvalue weighted by atomic mass is 19.4. The van der Waals surface area contributed by atoms with Gasteiger partial charge in [0.05, 0.1) is 0 Å². The molecule has 9 heteroatoms. The maximum atomic E-state index is 12.4. The van der Waals surface area contributed by atoms with Crippen molar-refractivity contribution in [3.8, 4) is 0 Å². The Morgan fingerprint density at radius 2 is 1.88 bits per heavy atom. The van der Waals surface area contributed by atoms with Crippen molar-refractivity contribution in [3.05, 3.63) is 0 Å². The molecule has 24 heavy (non-hydrogen) atoms. The average Bonchev–Trinajstić information content (AvgIpc) is 3.06. The van der Waals surface area contributed by atoms with Crippen LogP contribution in [-0.2, 0) is 9.53 Å². The van der Waals surface area contributed by atoms with Crippen LogP contribution in [0.15, 0.2) is 0 Å². The molecule has 3 fully saturated rings. The van der Waals surface area contributed by atoms with Crippen molar-refractivity contribution in [2.75, 3.05) is 26.2 Å². The first kappa shape index (κ1) is 17.3. The molecule has 2 aliphatic heterocycles. The summed E-state index contributed by atoms with van der Waals surface area (Å²) in [7, 11) is 0. The highest BCUT2D eigenvalue weighted by Gasteiger charge is 2.40. The van der Waals surface area contributed by atoms with Gasteiger partial charge in [-0.3, -0.25) is 14.6 Å². The van der Waals surface area contributed by atoms with Crippen LogP contribution in [0.3, 0.4) is 0 Å². The molecule has 2 heterocycles. The summed E-state index contributed by atoms with van der Waals surface area (Å²) >= 11 is 0. The molecule has 136 valence electrons. The van der Waals surface area contributed by atoms with Crippen LogP contribution in [0.4, 0.5) is 18.0 Å². The summed E-state index contributed by atoms with van der Waals surface area (Å²) in [6.07, 6.45) is -1.32. The van der Waals surface area contributed by atoms with Gasteiger partial charge in [-0.15, -0.1) is 0 Å². The third-order valence-corrected chi connectivity index (χ3v) is 4.78. The third kappa shape index (κ3) is 4.31. The number of hydrogen-bond acceptors (Lipinski definition) is 4. The number of rotatable bonds is 4. The van der Waals surface area contributed by atoms with Crippen LogP contribution in [0, 0.1) is 0 Å². The van der Waals surface area contributed by atoms with E-state index in [1.54, 1.807) is 0 Å². The number of carbonyl (C=O) groups is 2. The number of ether oxygens (including phenoxy) is 1. The second-order valence-electron chi connectivity index (χ2n) is 6.74. The van der Waals surface area contributed by atoms with E-state index in [1.165, 1.54) is 12.8 Å². The van der Waals surface area contributed by atoms with Crippen molar-refractivity contribution < 1.29 is 27.5 Å². The predicted octanol–water partition coefficient (Wildman–Crippen LogP) is 1.50. The largest absolute Gasteiger partial charge is 0.440 e. The standard InChI is InChI=1S/C15H22F3N3O3/c16-15(17,18)9-24-14(23)21-6-1-2-12(21)13(22)19-10-5-7-20(8-10)11-3-4-11/h10-12H,1-9H2,(H,19,22)/t10-,12+/m1/s1. The Labute approximate surface area is 138 Å². The molecule has 1 aliphatic carbocycles. The van der Waals surface area contributed by atoms with Crippen LogP contribution in [-0.4, -0.2) is 72.3 Å². The van der Waals surface area contributed by atoms with Crippen molar-refractivity contribution in [2.24, 2.45) is 0 Å². The van der Waals surface area contributed by atoms with Gasteiger partial charge in [0.1, 0.15) is 6.04 Å². The van der Waals surface area contributed by atoms with Crippen LogP contribution in [0.2, 0.25) is 0 Å². The first-order valence-corrected chi connectivity index (χ1v) is 8.38. The van der Waals surface area contributed by atoms with E-state index in [1.807, 2.05) is 0 Å². The lowest BCUT2D eigenvalue weighted by atomic mass is 10.2. The van der Waals surface area contributed by atoms with Gasteiger partial charge in [0.25, 0.3) is 0 Å². The lowest BCUT2D eigenvalue weighted by Gasteiger charge is -2.25. The van der Waals surface area contributed by atoms with Crippen molar-refractivity contribution in [1.29, 1.82) is 0 Å². The summed E-state index contributed by atoms with van der Waals surface area (Å²) in [6.45, 7) is 0.378. The molecule has 6 nitrogen and oxygen atoms in total. The van der Waals surface area contributed by atoms with Crippen molar-refractivity contribution >= 4 is 12.0 Å². The highest BCUT2D eigenvalue weighted by molar-refractivity contribution is 5.86. The molecule has 3 aliphatic rings. The summed E-state index contributed by atoms with van der Waals surface area (Å²) in [6, 6.07) is -0.0420. The number of hydrogen-bond donors (Lipinski definition) is 1. The number of likely N-dealkylation sites (tertiary alicyclic amines) is 2. The molecule has 0 aromatic rings. The van der Waals surface area contributed by atoms with Gasteiger partial charge in [0, 0.05) is 31.7 Å². The second kappa shape index (κ2) is 6.78. The zero-order chi connectivity index (χ0) is 17.3. The van der Waals surface area contributed by atoms with Crippen LogP contribution < -0.4 is 5.32 Å². The molecule has 1 N–H and O–H groups in total. The molecule has 1 saturated carbocycles. The first-order chi connectivity index (χ1) is 11.3. The van der Waals surface area contributed by atoms with E-state index in [-0.39, 0.29) is 18.5 Å². The number of nitrogens with one attached hydrogen (secondary N) is 1. The predicted molar refractivity (Wildman–Crippen MR) is 78.3 cm³/mol. The number of carbonyl (C=O) groups excluding carboxylic acids is 2. The van der Waals surface area contributed by atoms with Crippen molar-refractivity contribution in [2.45, 2.75) is 56.4 Å². The molecule has 3 rings (SSSR count). The van der Waals surface area contributed by atoms with Gasteiger partial charge in [-0.2, -0.15) is 13.2 Å². The molecule has 0 bridgehead atoms. The van der Waals surface area contributed by atoms with Gasteiger partial charge in [-0.25, -0.2) is 4.79 Å². The third-order valence-electron chi connectivity index (χ3n) is 4.78. The van der Waals surface area contributed by atoms with E-state index < -0.39 is 24.9 Å². The minimum Gasteiger partial charge on any atom is -0.440 e. The molecular weight excluding hydrogens is 327 g/mol. The zero-order valence-corrected chi connectivity index (χ0v) is 13.3. The molecule has 0 radical (unpaired) electrons. The fourth-order valence-corrected chi connectivity index (χ4v) is 3.46. The summed E-state index contributed by atoms with van der Waals surface area (Å²) in [5.74, 6) is -0.292. The van der Waals surface area contributed by atoms with Crippen molar-refractivity contribution in [1.82, 2.24) is 15.1 Å². The van der Waals surface area contributed by atoms with E-state index in [0.717, 1.165) is 24.4 Å². The second-order valence-corrected chi connectivity index (χ2v) is 6.74. The van der Waals surface area contributed by atoms with Crippen molar-refractivity contribution in [3.63, 3.8) is 0 Å². The molecule has 0 spiro atoms. The normalized spacial score (nSPS) is 28.2. The Kier molecular flexibility index (Phi) is 4.89. The topological polar surface area (TPSA) is 61.9 Å². The van der Waals surface area contributed by atoms with E-state index >= 15 is 0 Å². The van der Waals surface area contributed by atoms with Gasteiger partial charge in [0.2, 0.25) is 5.91 Å². The van der Waals surface area contributed by atoms with Crippen LogP contribution >= 0.6 is 0 Å². The van der Waals surface area contributed by atoms with Gasteiger partial charge in [-0.05, 0) is 32.1 Å². The number of nitrogens with zero attached hydrogens (tertiary/aromatic N) is 2. The van der Waals surface area contributed by atoms with Gasteiger partial charge < -0.3 is 10.1 Å². The van der Waals surface area contributed by atoms with Gasteiger partial charge >= 0.3 is 12.3 Å². The summed E-state index contributed by atoms with van der Waals surface area (Å²) in [5, 5.41) is 2.94. The SMILES string of the molecule is O=C(N[C@@H]1CCN(C2CC2)C1)[C@@H]1CCCN1C(=O)OCC(F)(F)F. The van der Waals surface area contributed by atoms with E-state index in [0.29, 0.717) is 18.9 Å². The number of amides is 2. The Hall–Kier alpha value is -1.51. The van der Waals surface area contributed by atoms with E-state index in [9.17, 15) is 22.8 Å². The molecule has 0 aromatic heterocycles. The maximum absolute atomic E-state index is 12.4. The van der Waals surface area contributed by atoms with Crippen LogP contribution in [0.25, 0.3) is 0 Å². The smallest absolute Gasteiger partial charge is 0.422 e. The molecule has 2 atom stereocenters. The Morgan fingerprint density at radius 1 is 1.12 bits per heavy atom. The molecular formula is C15H22F3N3O3. The van der Waals surface area contributed by atoms with E-state index in [4.69, 9.17) is 0 Å². The van der Waals surface area contributed by atoms with Gasteiger partial charge in [0.15, 0.2) is 6.61 Å². The van der Waals surface area contributed by atoms with E-state index in [2.05, 4.69) is 15.0 Å². The molecule has 0 unspecified atom stereocenters. The summed E-state index contributed by atoms with van der Waals surface area (Å²) in [5.41, 5.74) is 0. The summed E-state index contributed by atoms with van der Waals surface area (Å²) in [4.78, 5) is 27.7. The Morgan fingerprint density at radius 3 is 2.54 bits per heavy atom. The molecule has 2 amide bonds. The monoisotopic (exact) mass is 349 g/mol. The Bertz CT molecular complexity index is 496. The van der Waals surface area contributed by atoms with Crippen LogP contribution in [0.5, 0.6) is 0 Å². The van der Waals surface area contributed by atoms with Crippen LogP contribution in [0.1, 0.15) is 32.1 Å². The fourth-order valence-electron chi connectivity index (χ4n) is 3.46. The average molecular weight is 349 g/mol. The lowest BCUT2D eigenvalue weighted by Crippen LogP contribution is -2.49. The fraction of sp³-hybridized carbons (Fsp3) is 0.867. The quantitative estimate of drug-likeness (QED) is 0.836. The first-order valence-electron chi connectivity index (χ1n) is 8.38. The maximum Gasteiger partial charge on any atom is 0.422 e. The molecule has 0 aromatic carbocycles. The highest BCUT2D eigenvalue weighted by Crippen LogP contribution is 2.30. The number of alkyl halides is 3. The summed E-state index contributed by atoms with van der Waals surface area (Å²) < 4.78 is 40.7. The van der Waals surface area contributed by atoms with Gasteiger partial charge in [-0.1, -0.05) is 0 Å². The minimum atomic E-state index is -4.57. The lowest BCUT2D eigenvalue weighted by molar-refractivity contribution is -0.162. The zero-order valence-electron chi connectivity index (χ0n) is 13.3. The molecule has 2 saturated heterocycles. The Balaban J connectivity index is 1.49.